The Bertz CT molecular complexity index is 199. The monoisotopic (exact) mass is 143 g/mol. The van der Waals surface area contributed by atoms with Crippen LogP contribution in [0.2, 0.25) is 0 Å². The predicted molar refractivity (Wildman–Crippen MR) is 34.1 cm³/mol. The van der Waals surface area contributed by atoms with Crippen LogP contribution in [0.5, 0.6) is 0 Å². The van der Waals surface area contributed by atoms with Crippen molar-refractivity contribution in [3.05, 3.63) is 11.7 Å². The molecular formula is C5H9N3O2. The molecule has 10 heavy (non-hydrogen) atoms. The summed E-state index contributed by atoms with van der Waals surface area (Å²) in [5.74, 6) is 0.102. The lowest BCUT2D eigenvalue weighted by Crippen LogP contribution is -2.40. The third kappa shape index (κ3) is 0.854. The molecule has 0 aromatic carbocycles. The lowest BCUT2D eigenvalue weighted by atomic mass is 10.5. The Labute approximate surface area is 58.2 Å². The van der Waals surface area contributed by atoms with E-state index in [-0.39, 0.29) is 24.2 Å². The molecule has 0 aromatic rings. The second-order valence-electron chi connectivity index (χ2n) is 1.99. The van der Waals surface area contributed by atoms with Gasteiger partial charge in [-0.1, -0.05) is 0 Å². The zero-order valence-electron chi connectivity index (χ0n) is 5.63. The Morgan fingerprint density at radius 2 is 2.20 bits per heavy atom. The first-order chi connectivity index (χ1) is 4.63. The van der Waals surface area contributed by atoms with Crippen molar-refractivity contribution < 1.29 is 9.53 Å². The molecule has 0 saturated heterocycles. The summed E-state index contributed by atoms with van der Waals surface area (Å²) in [6.45, 7) is -0.0248. The highest BCUT2D eigenvalue weighted by Crippen LogP contribution is 2.06. The van der Waals surface area contributed by atoms with E-state index in [1.807, 2.05) is 0 Å². The Balaban J connectivity index is 2.88. The molecule has 0 atom stereocenters. The summed E-state index contributed by atoms with van der Waals surface area (Å²) in [7, 11) is 1.55. The maximum atomic E-state index is 10.8. The van der Waals surface area contributed by atoms with Gasteiger partial charge >= 0.3 is 0 Å². The third-order valence-corrected chi connectivity index (χ3v) is 1.34. The van der Waals surface area contributed by atoms with Gasteiger partial charge in [0.05, 0.1) is 0 Å². The highest BCUT2D eigenvalue weighted by atomic mass is 16.5. The van der Waals surface area contributed by atoms with Crippen LogP contribution >= 0.6 is 0 Å². The maximum Gasteiger partial charge on any atom is 0.265 e. The summed E-state index contributed by atoms with van der Waals surface area (Å²) in [5.41, 5.74) is 10.6. The third-order valence-electron chi connectivity index (χ3n) is 1.34. The molecule has 1 aliphatic heterocycles. The van der Waals surface area contributed by atoms with Gasteiger partial charge in [0.2, 0.25) is 5.88 Å². The normalized spacial score (nSPS) is 19.3. The Morgan fingerprint density at radius 3 is 2.70 bits per heavy atom. The first-order valence-electron chi connectivity index (χ1n) is 2.77. The van der Waals surface area contributed by atoms with Crippen LogP contribution in [-0.4, -0.2) is 24.5 Å². The Hall–Kier alpha value is -1.39. The number of rotatable bonds is 0. The number of amides is 1. The van der Waals surface area contributed by atoms with E-state index in [0.717, 1.165) is 0 Å². The van der Waals surface area contributed by atoms with Gasteiger partial charge in [0.1, 0.15) is 0 Å². The van der Waals surface area contributed by atoms with E-state index in [4.69, 9.17) is 16.2 Å². The molecular weight excluding hydrogens is 134 g/mol. The standard InChI is InChI=1S/C5H9N3O2/c1-8-3(9)2-10-5(7)4(8)6/h2,6-7H2,1H3. The summed E-state index contributed by atoms with van der Waals surface area (Å²) in [6.07, 6.45) is 0. The Kier molecular flexibility index (Phi) is 1.41. The molecule has 1 heterocycles. The van der Waals surface area contributed by atoms with Crippen LogP contribution in [0.4, 0.5) is 0 Å². The van der Waals surface area contributed by atoms with E-state index in [9.17, 15) is 4.79 Å². The van der Waals surface area contributed by atoms with Gasteiger partial charge in [-0.25, -0.2) is 0 Å². The van der Waals surface area contributed by atoms with E-state index in [2.05, 4.69) is 0 Å². The molecule has 1 aliphatic rings. The topological polar surface area (TPSA) is 81.6 Å². The number of hydrogen-bond donors (Lipinski definition) is 2. The van der Waals surface area contributed by atoms with Crippen molar-refractivity contribution in [3.63, 3.8) is 0 Å². The van der Waals surface area contributed by atoms with Crippen LogP contribution in [0, 0.1) is 0 Å². The van der Waals surface area contributed by atoms with Crippen molar-refractivity contribution in [1.29, 1.82) is 0 Å². The SMILES string of the molecule is CN1C(=O)COC(N)=C1N. The number of carbonyl (C=O) groups excluding carboxylic acids is 1. The van der Waals surface area contributed by atoms with E-state index < -0.39 is 0 Å². The molecule has 0 aromatic heterocycles. The zero-order valence-corrected chi connectivity index (χ0v) is 5.63. The molecule has 0 saturated carbocycles. The lowest BCUT2D eigenvalue weighted by Gasteiger charge is -2.23. The number of nitrogens with two attached hydrogens (primary N) is 2. The molecule has 56 valence electrons. The molecule has 0 bridgehead atoms. The fraction of sp³-hybridized carbons (Fsp3) is 0.400. The molecule has 4 N–H and O–H groups in total. The number of nitrogens with zero attached hydrogens (tertiary/aromatic N) is 1. The highest BCUT2D eigenvalue weighted by Gasteiger charge is 2.20. The number of hydrogen-bond acceptors (Lipinski definition) is 4. The van der Waals surface area contributed by atoms with Crippen molar-refractivity contribution in [1.82, 2.24) is 4.90 Å². The molecule has 0 fully saturated rings. The van der Waals surface area contributed by atoms with Crippen molar-refractivity contribution in [2.45, 2.75) is 0 Å². The summed E-state index contributed by atoms with van der Waals surface area (Å²) < 4.78 is 4.71. The molecule has 0 aliphatic carbocycles. The molecule has 0 spiro atoms. The quantitative estimate of drug-likeness (QED) is 0.433. The zero-order chi connectivity index (χ0) is 7.72. The minimum atomic E-state index is -0.188. The van der Waals surface area contributed by atoms with Gasteiger partial charge < -0.3 is 16.2 Å². The van der Waals surface area contributed by atoms with Gasteiger partial charge in [-0.3, -0.25) is 9.69 Å². The molecule has 5 heteroatoms. The summed E-state index contributed by atoms with van der Waals surface area (Å²) in [6, 6.07) is 0. The second-order valence-corrected chi connectivity index (χ2v) is 1.99. The van der Waals surface area contributed by atoms with Crippen LogP contribution in [0.15, 0.2) is 11.7 Å². The molecule has 0 unspecified atom stereocenters. The molecule has 5 nitrogen and oxygen atoms in total. The largest absolute Gasteiger partial charge is 0.467 e. The summed E-state index contributed by atoms with van der Waals surface area (Å²) >= 11 is 0. The van der Waals surface area contributed by atoms with Gasteiger partial charge in [0.15, 0.2) is 12.4 Å². The second kappa shape index (κ2) is 2.09. The van der Waals surface area contributed by atoms with E-state index >= 15 is 0 Å². The summed E-state index contributed by atoms with van der Waals surface area (Å²) in [4.78, 5) is 12.0. The Morgan fingerprint density at radius 1 is 1.60 bits per heavy atom. The molecule has 0 radical (unpaired) electrons. The summed E-state index contributed by atoms with van der Waals surface area (Å²) in [5, 5.41) is 0. The predicted octanol–water partition coefficient (Wildman–Crippen LogP) is -1.48. The van der Waals surface area contributed by atoms with Crippen LogP contribution in [0.1, 0.15) is 0 Å². The number of carbonyl (C=O) groups is 1. The fourth-order valence-corrected chi connectivity index (χ4v) is 0.610. The van der Waals surface area contributed by atoms with Crippen LogP contribution in [0.3, 0.4) is 0 Å². The smallest absolute Gasteiger partial charge is 0.265 e. The van der Waals surface area contributed by atoms with E-state index in [0.29, 0.717) is 0 Å². The minimum Gasteiger partial charge on any atom is -0.467 e. The average molecular weight is 143 g/mol. The highest BCUT2D eigenvalue weighted by molar-refractivity contribution is 5.79. The van der Waals surface area contributed by atoms with Crippen LogP contribution in [0.25, 0.3) is 0 Å². The van der Waals surface area contributed by atoms with Gasteiger partial charge in [-0.15, -0.1) is 0 Å². The molecule has 1 amide bonds. The van der Waals surface area contributed by atoms with Crippen molar-refractivity contribution in [2.24, 2.45) is 11.5 Å². The number of likely N-dealkylation sites (N-methyl/N-ethyl adjacent to an activating group) is 1. The minimum absolute atomic E-state index is 0.0248. The average Bonchev–Trinajstić information content (AvgIpc) is 1.93. The molecule has 1 rings (SSSR count). The van der Waals surface area contributed by atoms with Gasteiger partial charge in [-0.2, -0.15) is 0 Å². The van der Waals surface area contributed by atoms with Crippen LogP contribution in [-0.2, 0) is 9.53 Å². The van der Waals surface area contributed by atoms with E-state index in [1.54, 1.807) is 7.05 Å². The van der Waals surface area contributed by atoms with Crippen LogP contribution < -0.4 is 11.5 Å². The van der Waals surface area contributed by atoms with Crippen molar-refractivity contribution in [2.75, 3.05) is 13.7 Å². The van der Waals surface area contributed by atoms with Gasteiger partial charge in [0, 0.05) is 7.05 Å². The number of ether oxygens (including phenoxy) is 1. The maximum absolute atomic E-state index is 10.8. The van der Waals surface area contributed by atoms with Gasteiger partial charge in [-0.05, 0) is 0 Å². The van der Waals surface area contributed by atoms with Crippen molar-refractivity contribution >= 4 is 5.91 Å². The first kappa shape index (κ1) is 6.73. The first-order valence-corrected chi connectivity index (χ1v) is 2.77. The van der Waals surface area contributed by atoms with E-state index in [1.165, 1.54) is 4.90 Å². The fourth-order valence-electron chi connectivity index (χ4n) is 0.610. The lowest BCUT2D eigenvalue weighted by molar-refractivity contribution is -0.134. The van der Waals surface area contributed by atoms with Crippen molar-refractivity contribution in [3.8, 4) is 0 Å². The van der Waals surface area contributed by atoms with Gasteiger partial charge in [0.25, 0.3) is 5.91 Å².